The maximum absolute atomic E-state index is 13.8. The number of nitrogens with one attached hydrogen (secondary N) is 1. The highest BCUT2D eigenvalue weighted by Crippen LogP contribution is 2.20. The molecular formula is C17H16FNO. The van der Waals surface area contributed by atoms with Crippen LogP contribution in [0.5, 0.6) is 0 Å². The third-order valence-electron chi connectivity index (χ3n) is 3.79. The molecule has 1 unspecified atom stereocenters. The lowest BCUT2D eigenvalue weighted by molar-refractivity contribution is 0.0934. The van der Waals surface area contributed by atoms with Crippen LogP contribution in [0, 0.1) is 12.7 Å². The average molecular weight is 269 g/mol. The zero-order valence-electron chi connectivity index (χ0n) is 11.3. The second-order valence-electron chi connectivity index (χ2n) is 5.25. The number of fused-ring (bicyclic) bond motifs is 1. The summed E-state index contributed by atoms with van der Waals surface area (Å²) in [5, 5.41) is 3.20. The van der Waals surface area contributed by atoms with Crippen molar-refractivity contribution >= 4 is 5.78 Å². The van der Waals surface area contributed by atoms with E-state index >= 15 is 0 Å². The molecule has 3 rings (SSSR count). The number of carbonyl (C=O) groups is 1. The van der Waals surface area contributed by atoms with E-state index in [-0.39, 0.29) is 17.4 Å². The van der Waals surface area contributed by atoms with Crippen LogP contribution in [0.1, 0.15) is 27.0 Å². The van der Waals surface area contributed by atoms with Crippen LogP contribution in [0.25, 0.3) is 0 Å². The van der Waals surface area contributed by atoms with Gasteiger partial charge in [0.1, 0.15) is 5.82 Å². The van der Waals surface area contributed by atoms with Crippen LogP contribution in [0.3, 0.4) is 0 Å². The molecule has 1 aliphatic heterocycles. The molecule has 20 heavy (non-hydrogen) atoms. The van der Waals surface area contributed by atoms with E-state index in [0.29, 0.717) is 13.0 Å². The van der Waals surface area contributed by atoms with Crippen molar-refractivity contribution in [1.29, 1.82) is 0 Å². The van der Waals surface area contributed by atoms with Gasteiger partial charge in [0, 0.05) is 6.54 Å². The van der Waals surface area contributed by atoms with Gasteiger partial charge in [0.25, 0.3) is 0 Å². The minimum absolute atomic E-state index is 0.166. The van der Waals surface area contributed by atoms with Gasteiger partial charge in [-0.2, -0.15) is 0 Å². The molecule has 0 saturated carbocycles. The van der Waals surface area contributed by atoms with Crippen LogP contribution in [0.15, 0.2) is 42.5 Å². The summed E-state index contributed by atoms with van der Waals surface area (Å²) in [7, 11) is 0. The number of benzene rings is 2. The summed E-state index contributed by atoms with van der Waals surface area (Å²) in [6.45, 7) is 2.51. The summed E-state index contributed by atoms with van der Waals surface area (Å²) in [4.78, 5) is 12.5. The van der Waals surface area contributed by atoms with Crippen molar-refractivity contribution < 1.29 is 9.18 Å². The molecule has 1 atom stereocenters. The lowest BCUT2D eigenvalue weighted by Crippen LogP contribution is -2.42. The van der Waals surface area contributed by atoms with Crippen molar-refractivity contribution in [2.75, 3.05) is 0 Å². The number of ketones is 1. The van der Waals surface area contributed by atoms with Crippen molar-refractivity contribution in [3.05, 3.63) is 70.5 Å². The smallest absolute Gasteiger partial charge is 0.183 e. The van der Waals surface area contributed by atoms with Gasteiger partial charge in [-0.1, -0.05) is 35.9 Å². The molecule has 0 saturated heterocycles. The molecule has 1 heterocycles. The first-order valence-electron chi connectivity index (χ1n) is 6.75. The monoisotopic (exact) mass is 269 g/mol. The first-order chi connectivity index (χ1) is 9.65. The minimum Gasteiger partial charge on any atom is -0.303 e. The fourth-order valence-electron chi connectivity index (χ4n) is 2.66. The third-order valence-corrected chi connectivity index (χ3v) is 3.79. The fraction of sp³-hybridized carbons (Fsp3) is 0.235. The summed E-state index contributed by atoms with van der Waals surface area (Å²) in [6, 6.07) is 12.4. The van der Waals surface area contributed by atoms with E-state index in [1.54, 1.807) is 12.1 Å². The van der Waals surface area contributed by atoms with Crippen LogP contribution in [0.2, 0.25) is 0 Å². The van der Waals surface area contributed by atoms with Crippen LogP contribution < -0.4 is 5.32 Å². The SMILES string of the molecule is Cc1ccc(F)c(C(=O)C2Cc3ccccc3CN2)c1. The van der Waals surface area contributed by atoms with Crippen molar-refractivity contribution in [1.82, 2.24) is 5.32 Å². The Bertz CT molecular complexity index is 666. The maximum atomic E-state index is 13.8. The van der Waals surface area contributed by atoms with Gasteiger partial charge in [-0.15, -0.1) is 0 Å². The molecule has 0 radical (unpaired) electrons. The molecule has 0 amide bonds. The second kappa shape index (κ2) is 5.17. The molecular weight excluding hydrogens is 253 g/mol. The van der Waals surface area contributed by atoms with Crippen molar-refractivity contribution in [2.45, 2.75) is 25.9 Å². The van der Waals surface area contributed by atoms with E-state index in [0.717, 1.165) is 11.1 Å². The Balaban J connectivity index is 1.88. The molecule has 1 aliphatic rings. The number of hydrogen-bond acceptors (Lipinski definition) is 2. The molecule has 0 bridgehead atoms. The molecule has 1 N–H and O–H groups in total. The molecule has 0 aliphatic carbocycles. The van der Waals surface area contributed by atoms with Crippen LogP contribution in [0.4, 0.5) is 4.39 Å². The molecule has 0 spiro atoms. The Labute approximate surface area is 117 Å². The Morgan fingerprint density at radius 1 is 1.20 bits per heavy atom. The predicted octanol–water partition coefficient (Wildman–Crippen LogP) is 3.03. The third kappa shape index (κ3) is 2.37. The number of hydrogen-bond donors (Lipinski definition) is 1. The average Bonchev–Trinajstić information content (AvgIpc) is 2.48. The van der Waals surface area contributed by atoms with E-state index in [4.69, 9.17) is 0 Å². The van der Waals surface area contributed by atoms with Crippen LogP contribution >= 0.6 is 0 Å². The van der Waals surface area contributed by atoms with Crippen LogP contribution in [-0.2, 0) is 13.0 Å². The molecule has 0 fully saturated rings. The predicted molar refractivity (Wildman–Crippen MR) is 76.2 cm³/mol. The topological polar surface area (TPSA) is 29.1 Å². The maximum Gasteiger partial charge on any atom is 0.183 e. The number of aryl methyl sites for hydroxylation is 1. The highest BCUT2D eigenvalue weighted by molar-refractivity contribution is 6.00. The second-order valence-corrected chi connectivity index (χ2v) is 5.25. The fourth-order valence-corrected chi connectivity index (χ4v) is 2.66. The first-order valence-corrected chi connectivity index (χ1v) is 6.75. The summed E-state index contributed by atoms with van der Waals surface area (Å²) in [5.41, 5.74) is 3.45. The van der Waals surface area contributed by atoms with Gasteiger partial charge in [-0.05, 0) is 36.6 Å². The summed E-state index contributed by atoms with van der Waals surface area (Å²) < 4.78 is 13.8. The van der Waals surface area contributed by atoms with Gasteiger partial charge in [0.05, 0.1) is 11.6 Å². The van der Waals surface area contributed by atoms with Gasteiger partial charge in [0.15, 0.2) is 5.78 Å². The summed E-state index contributed by atoms with van der Waals surface area (Å²) in [5.74, 6) is -0.609. The Kier molecular flexibility index (Phi) is 3.36. The van der Waals surface area contributed by atoms with Crippen molar-refractivity contribution in [3.8, 4) is 0 Å². The molecule has 2 nitrogen and oxygen atoms in total. The molecule has 3 heteroatoms. The van der Waals surface area contributed by atoms with Gasteiger partial charge < -0.3 is 5.32 Å². The Hall–Kier alpha value is -2.00. The van der Waals surface area contributed by atoms with Crippen molar-refractivity contribution in [3.63, 3.8) is 0 Å². The van der Waals surface area contributed by atoms with Gasteiger partial charge in [-0.3, -0.25) is 4.79 Å². The number of Topliss-reactive ketones (excluding diaryl/α,β-unsaturated/α-hetero) is 1. The number of halogens is 1. The Morgan fingerprint density at radius 2 is 1.95 bits per heavy atom. The molecule has 0 aromatic heterocycles. The lowest BCUT2D eigenvalue weighted by Gasteiger charge is -2.25. The quantitative estimate of drug-likeness (QED) is 0.849. The van der Waals surface area contributed by atoms with E-state index < -0.39 is 5.82 Å². The zero-order valence-corrected chi connectivity index (χ0v) is 11.3. The lowest BCUT2D eigenvalue weighted by atomic mass is 9.91. The van der Waals surface area contributed by atoms with E-state index in [9.17, 15) is 9.18 Å². The van der Waals surface area contributed by atoms with Gasteiger partial charge in [-0.25, -0.2) is 4.39 Å². The van der Waals surface area contributed by atoms with Gasteiger partial charge >= 0.3 is 0 Å². The molecule has 2 aromatic rings. The molecule has 102 valence electrons. The van der Waals surface area contributed by atoms with E-state index in [1.807, 2.05) is 25.1 Å². The summed E-state index contributed by atoms with van der Waals surface area (Å²) in [6.07, 6.45) is 0.613. The first kappa shape index (κ1) is 13.0. The normalized spacial score (nSPS) is 17.6. The minimum atomic E-state index is -0.443. The zero-order chi connectivity index (χ0) is 14.1. The molecule has 2 aromatic carbocycles. The largest absolute Gasteiger partial charge is 0.303 e. The Morgan fingerprint density at radius 3 is 2.75 bits per heavy atom. The number of rotatable bonds is 2. The van der Waals surface area contributed by atoms with Crippen molar-refractivity contribution in [2.24, 2.45) is 0 Å². The summed E-state index contributed by atoms with van der Waals surface area (Å²) >= 11 is 0. The van der Waals surface area contributed by atoms with E-state index in [2.05, 4.69) is 11.4 Å². The standard InChI is InChI=1S/C17H16FNO/c1-11-6-7-15(18)14(8-11)17(20)16-9-12-4-2-3-5-13(12)10-19-16/h2-8,16,19H,9-10H2,1H3. The van der Waals surface area contributed by atoms with Gasteiger partial charge in [0.2, 0.25) is 0 Å². The van der Waals surface area contributed by atoms with E-state index in [1.165, 1.54) is 11.6 Å². The highest BCUT2D eigenvalue weighted by Gasteiger charge is 2.26. The van der Waals surface area contributed by atoms with Crippen LogP contribution in [-0.4, -0.2) is 11.8 Å². The highest BCUT2D eigenvalue weighted by atomic mass is 19.1. The number of carbonyl (C=O) groups excluding carboxylic acids is 1.